The van der Waals surface area contributed by atoms with E-state index < -0.39 is 9.05 Å². The zero-order chi connectivity index (χ0) is 13.3. The Morgan fingerprint density at radius 1 is 1.33 bits per heavy atom. The van der Waals surface area contributed by atoms with Gasteiger partial charge in [-0.3, -0.25) is 4.79 Å². The number of furan rings is 1. The Morgan fingerprint density at radius 3 is 2.44 bits per heavy atom. The fourth-order valence-electron chi connectivity index (χ4n) is 2.07. The van der Waals surface area contributed by atoms with Crippen molar-refractivity contribution in [1.29, 1.82) is 0 Å². The molecule has 2 heterocycles. The number of aryl methyl sites for hydroxylation is 1. The van der Waals surface area contributed by atoms with Gasteiger partial charge in [0.25, 0.3) is 15.0 Å². The topological polar surface area (TPSA) is 67.6 Å². The number of amides is 1. The van der Waals surface area contributed by atoms with Crippen molar-refractivity contribution in [2.45, 2.75) is 31.1 Å². The molecule has 1 aliphatic rings. The van der Waals surface area contributed by atoms with Gasteiger partial charge in [-0.15, -0.1) is 0 Å². The van der Waals surface area contributed by atoms with Gasteiger partial charge in [-0.2, -0.15) is 0 Å². The Labute approximate surface area is 110 Å². The molecule has 1 saturated heterocycles. The first kappa shape index (κ1) is 13.4. The standard InChI is InChI=1S/C11H14ClNO4S/c1-8-10(18(12,15)16)7-9(17-8)11(14)13-5-3-2-4-6-13/h7H,2-6H2,1H3. The van der Waals surface area contributed by atoms with E-state index in [2.05, 4.69) is 0 Å². The van der Waals surface area contributed by atoms with E-state index in [-0.39, 0.29) is 22.3 Å². The van der Waals surface area contributed by atoms with Crippen LogP contribution in [0.2, 0.25) is 0 Å². The van der Waals surface area contributed by atoms with E-state index in [1.165, 1.54) is 13.0 Å². The van der Waals surface area contributed by atoms with Crippen LogP contribution in [-0.2, 0) is 9.05 Å². The Morgan fingerprint density at radius 2 is 1.94 bits per heavy atom. The zero-order valence-corrected chi connectivity index (χ0v) is 11.6. The molecular formula is C11H14ClNO4S. The average molecular weight is 292 g/mol. The van der Waals surface area contributed by atoms with Crippen molar-refractivity contribution in [2.75, 3.05) is 13.1 Å². The van der Waals surface area contributed by atoms with Crippen LogP contribution in [0, 0.1) is 6.92 Å². The van der Waals surface area contributed by atoms with Crippen LogP contribution in [0.5, 0.6) is 0 Å². The molecule has 0 unspecified atom stereocenters. The molecule has 1 amide bonds. The lowest BCUT2D eigenvalue weighted by Crippen LogP contribution is -2.35. The fraction of sp³-hybridized carbons (Fsp3) is 0.545. The van der Waals surface area contributed by atoms with Crippen LogP contribution in [0.4, 0.5) is 0 Å². The first-order chi connectivity index (χ1) is 8.39. The van der Waals surface area contributed by atoms with Gasteiger partial charge < -0.3 is 9.32 Å². The zero-order valence-electron chi connectivity index (χ0n) is 9.98. The number of rotatable bonds is 2. The lowest BCUT2D eigenvalue weighted by atomic mass is 10.1. The van der Waals surface area contributed by atoms with E-state index in [9.17, 15) is 13.2 Å². The number of hydrogen-bond acceptors (Lipinski definition) is 4. The van der Waals surface area contributed by atoms with Crippen molar-refractivity contribution < 1.29 is 17.6 Å². The smallest absolute Gasteiger partial charge is 0.289 e. The number of piperidine rings is 1. The van der Waals surface area contributed by atoms with Crippen LogP contribution in [0.15, 0.2) is 15.4 Å². The van der Waals surface area contributed by atoms with Gasteiger partial charge in [0.15, 0.2) is 5.76 Å². The first-order valence-corrected chi connectivity index (χ1v) is 8.05. The van der Waals surface area contributed by atoms with E-state index >= 15 is 0 Å². The Kier molecular flexibility index (Phi) is 3.68. The van der Waals surface area contributed by atoms with Crippen molar-refractivity contribution in [2.24, 2.45) is 0 Å². The van der Waals surface area contributed by atoms with Crippen LogP contribution in [0.25, 0.3) is 0 Å². The maximum Gasteiger partial charge on any atom is 0.289 e. The number of hydrogen-bond donors (Lipinski definition) is 0. The summed E-state index contributed by atoms with van der Waals surface area (Å²) >= 11 is 0. The summed E-state index contributed by atoms with van der Waals surface area (Å²) in [6, 6.07) is 1.20. The number of carbonyl (C=O) groups is 1. The molecule has 0 atom stereocenters. The summed E-state index contributed by atoms with van der Waals surface area (Å²) in [7, 11) is 1.39. The Bertz CT molecular complexity index is 558. The first-order valence-electron chi connectivity index (χ1n) is 5.74. The third-order valence-electron chi connectivity index (χ3n) is 2.99. The minimum absolute atomic E-state index is 0.0358. The van der Waals surface area contributed by atoms with E-state index in [0.717, 1.165) is 19.3 Å². The molecule has 0 bridgehead atoms. The highest BCUT2D eigenvalue weighted by Gasteiger charge is 2.25. The predicted octanol–water partition coefficient (Wildman–Crippen LogP) is 2.14. The van der Waals surface area contributed by atoms with E-state index in [1.807, 2.05) is 0 Å². The molecule has 7 heteroatoms. The summed E-state index contributed by atoms with van der Waals surface area (Å²) < 4.78 is 27.7. The quantitative estimate of drug-likeness (QED) is 0.783. The molecule has 100 valence electrons. The highest BCUT2D eigenvalue weighted by Crippen LogP contribution is 2.25. The van der Waals surface area contributed by atoms with Gasteiger partial charge in [0, 0.05) is 29.8 Å². The number of likely N-dealkylation sites (tertiary alicyclic amines) is 1. The summed E-state index contributed by atoms with van der Waals surface area (Å²) in [4.78, 5) is 13.6. The maximum atomic E-state index is 12.1. The second-order valence-corrected chi connectivity index (χ2v) is 6.86. The van der Waals surface area contributed by atoms with Crippen molar-refractivity contribution in [3.05, 3.63) is 17.6 Å². The van der Waals surface area contributed by atoms with E-state index in [4.69, 9.17) is 15.1 Å². The second kappa shape index (κ2) is 4.93. The van der Waals surface area contributed by atoms with Crippen LogP contribution in [0.1, 0.15) is 35.6 Å². The van der Waals surface area contributed by atoms with Gasteiger partial charge >= 0.3 is 0 Å². The van der Waals surface area contributed by atoms with Gasteiger partial charge in [0.2, 0.25) is 0 Å². The van der Waals surface area contributed by atoms with E-state index in [1.54, 1.807) is 4.90 Å². The Balaban J connectivity index is 2.26. The lowest BCUT2D eigenvalue weighted by Gasteiger charge is -2.25. The molecular weight excluding hydrogens is 278 g/mol. The second-order valence-electron chi connectivity index (χ2n) is 4.32. The summed E-state index contributed by atoms with van der Waals surface area (Å²) in [5, 5.41) is 0. The number of halogens is 1. The minimum Gasteiger partial charge on any atom is -0.455 e. The fourth-order valence-corrected chi connectivity index (χ4v) is 3.16. The van der Waals surface area contributed by atoms with Crippen molar-refractivity contribution >= 4 is 25.6 Å². The largest absolute Gasteiger partial charge is 0.455 e. The van der Waals surface area contributed by atoms with Gasteiger partial charge in [-0.05, 0) is 26.2 Å². The van der Waals surface area contributed by atoms with E-state index in [0.29, 0.717) is 13.1 Å². The average Bonchev–Trinajstić information content (AvgIpc) is 2.71. The summed E-state index contributed by atoms with van der Waals surface area (Å²) in [6.07, 6.45) is 3.04. The third-order valence-corrected chi connectivity index (χ3v) is 4.42. The molecule has 1 fully saturated rings. The minimum atomic E-state index is -3.87. The van der Waals surface area contributed by atoms with Crippen molar-refractivity contribution in [3.63, 3.8) is 0 Å². The van der Waals surface area contributed by atoms with Gasteiger partial charge in [0.1, 0.15) is 10.7 Å². The van der Waals surface area contributed by atoms with Gasteiger partial charge in [-0.25, -0.2) is 8.42 Å². The predicted molar refractivity (Wildman–Crippen MR) is 66.2 cm³/mol. The maximum absolute atomic E-state index is 12.1. The van der Waals surface area contributed by atoms with Crippen molar-refractivity contribution in [1.82, 2.24) is 4.90 Å². The molecule has 18 heavy (non-hydrogen) atoms. The molecule has 5 nitrogen and oxygen atoms in total. The summed E-state index contributed by atoms with van der Waals surface area (Å²) in [5.74, 6) is -0.0941. The summed E-state index contributed by atoms with van der Waals surface area (Å²) in [5.41, 5.74) is 0. The molecule has 1 aliphatic heterocycles. The Hall–Kier alpha value is -1.01. The molecule has 0 saturated carbocycles. The molecule has 2 rings (SSSR count). The molecule has 0 aliphatic carbocycles. The van der Waals surface area contributed by atoms with Crippen LogP contribution in [0.3, 0.4) is 0 Å². The molecule has 0 spiro atoms. The molecule has 1 aromatic rings. The molecule has 0 aromatic carbocycles. The molecule has 0 radical (unpaired) electrons. The van der Waals surface area contributed by atoms with Crippen molar-refractivity contribution in [3.8, 4) is 0 Å². The SMILES string of the molecule is Cc1oc(C(=O)N2CCCCC2)cc1S(=O)(=O)Cl. The third kappa shape index (κ3) is 2.70. The van der Waals surface area contributed by atoms with Crippen LogP contribution in [-0.4, -0.2) is 32.3 Å². The molecule has 1 aromatic heterocycles. The van der Waals surface area contributed by atoms with Gasteiger partial charge in [-0.1, -0.05) is 0 Å². The summed E-state index contributed by atoms with van der Waals surface area (Å²) in [6.45, 7) is 2.84. The number of carbonyl (C=O) groups excluding carboxylic acids is 1. The highest BCUT2D eigenvalue weighted by molar-refractivity contribution is 8.13. The van der Waals surface area contributed by atoms with Gasteiger partial charge in [0.05, 0.1) is 0 Å². The lowest BCUT2D eigenvalue weighted by molar-refractivity contribution is 0.0690. The number of nitrogens with zero attached hydrogens (tertiary/aromatic N) is 1. The highest BCUT2D eigenvalue weighted by atomic mass is 35.7. The monoisotopic (exact) mass is 291 g/mol. The van der Waals surface area contributed by atoms with Crippen LogP contribution < -0.4 is 0 Å². The normalized spacial score (nSPS) is 16.9. The van der Waals surface area contributed by atoms with Crippen LogP contribution >= 0.6 is 10.7 Å². The molecule has 0 N–H and O–H groups in total.